The van der Waals surface area contributed by atoms with Gasteiger partial charge in [0.15, 0.2) is 0 Å². The standard InChI is InChI=1S/C16H22N2O2/c1-12(2)9-18(10-13(3)16(19)20)11-15-6-4-14(8-17)5-7-15/h4-7,12-13H,9-11H2,1-3H3,(H,19,20). The summed E-state index contributed by atoms with van der Waals surface area (Å²) in [5.41, 5.74) is 1.74. The molecule has 0 heterocycles. The predicted molar refractivity (Wildman–Crippen MR) is 78.1 cm³/mol. The smallest absolute Gasteiger partial charge is 0.307 e. The molecule has 1 N–H and O–H groups in total. The number of nitriles is 1. The van der Waals surface area contributed by atoms with E-state index in [4.69, 9.17) is 10.4 Å². The summed E-state index contributed by atoms with van der Waals surface area (Å²) in [6, 6.07) is 9.54. The topological polar surface area (TPSA) is 64.3 Å². The van der Waals surface area contributed by atoms with Gasteiger partial charge in [-0.1, -0.05) is 32.9 Å². The van der Waals surface area contributed by atoms with Crippen LogP contribution in [0.4, 0.5) is 0 Å². The van der Waals surface area contributed by atoms with Crippen molar-refractivity contribution >= 4 is 5.97 Å². The summed E-state index contributed by atoms with van der Waals surface area (Å²) in [7, 11) is 0. The Bertz CT molecular complexity index is 474. The molecule has 0 aliphatic heterocycles. The summed E-state index contributed by atoms with van der Waals surface area (Å²) in [4.78, 5) is 13.2. The molecule has 108 valence electrons. The molecule has 0 bridgehead atoms. The van der Waals surface area contributed by atoms with Gasteiger partial charge in [-0.25, -0.2) is 0 Å². The molecule has 1 aromatic rings. The van der Waals surface area contributed by atoms with E-state index >= 15 is 0 Å². The van der Waals surface area contributed by atoms with Gasteiger partial charge in [-0.2, -0.15) is 5.26 Å². The molecule has 4 heteroatoms. The summed E-state index contributed by atoms with van der Waals surface area (Å²) in [5.74, 6) is -0.667. The molecule has 0 aliphatic rings. The molecule has 0 aliphatic carbocycles. The van der Waals surface area contributed by atoms with Crippen molar-refractivity contribution < 1.29 is 9.90 Å². The van der Waals surface area contributed by atoms with Crippen LogP contribution in [0.25, 0.3) is 0 Å². The molecule has 0 aromatic heterocycles. The molecule has 1 aromatic carbocycles. The lowest BCUT2D eigenvalue weighted by Crippen LogP contribution is -2.34. The molecule has 0 spiro atoms. The SMILES string of the molecule is CC(C)CN(Cc1ccc(C#N)cc1)CC(C)C(=O)O. The highest BCUT2D eigenvalue weighted by molar-refractivity contribution is 5.69. The first kappa shape index (κ1) is 16.2. The number of rotatable bonds is 7. The van der Waals surface area contributed by atoms with E-state index in [2.05, 4.69) is 24.8 Å². The molecule has 0 amide bonds. The van der Waals surface area contributed by atoms with E-state index in [9.17, 15) is 4.79 Å². The zero-order valence-electron chi connectivity index (χ0n) is 12.3. The van der Waals surface area contributed by atoms with Crippen LogP contribution < -0.4 is 0 Å². The van der Waals surface area contributed by atoms with Gasteiger partial charge in [-0.3, -0.25) is 9.69 Å². The van der Waals surface area contributed by atoms with E-state index < -0.39 is 5.97 Å². The fraction of sp³-hybridized carbons (Fsp3) is 0.500. The average Bonchev–Trinajstić information content (AvgIpc) is 2.38. The van der Waals surface area contributed by atoms with Crippen molar-refractivity contribution in [1.29, 1.82) is 5.26 Å². The maximum atomic E-state index is 11.0. The third-order valence-electron chi connectivity index (χ3n) is 3.07. The van der Waals surface area contributed by atoms with Crippen molar-refractivity contribution in [2.75, 3.05) is 13.1 Å². The van der Waals surface area contributed by atoms with Crippen molar-refractivity contribution in [3.05, 3.63) is 35.4 Å². The molecular weight excluding hydrogens is 252 g/mol. The van der Waals surface area contributed by atoms with E-state index in [1.165, 1.54) is 0 Å². The molecule has 1 atom stereocenters. The summed E-state index contributed by atoms with van der Waals surface area (Å²) >= 11 is 0. The van der Waals surface area contributed by atoms with Crippen LogP contribution in [0, 0.1) is 23.2 Å². The minimum absolute atomic E-state index is 0.382. The molecule has 0 saturated heterocycles. The predicted octanol–water partition coefficient (Wildman–Crippen LogP) is 2.74. The molecule has 4 nitrogen and oxygen atoms in total. The maximum absolute atomic E-state index is 11.0. The maximum Gasteiger partial charge on any atom is 0.307 e. The van der Waals surface area contributed by atoms with Crippen LogP contribution in [-0.4, -0.2) is 29.1 Å². The van der Waals surface area contributed by atoms with Crippen LogP contribution in [0.1, 0.15) is 31.9 Å². The molecule has 0 radical (unpaired) electrons. The van der Waals surface area contributed by atoms with Crippen LogP contribution in [0.15, 0.2) is 24.3 Å². The molecule has 0 fully saturated rings. The van der Waals surface area contributed by atoms with Crippen molar-refractivity contribution in [1.82, 2.24) is 4.90 Å². The van der Waals surface area contributed by atoms with Crippen LogP contribution in [0.3, 0.4) is 0 Å². The van der Waals surface area contributed by atoms with Crippen LogP contribution >= 0.6 is 0 Å². The van der Waals surface area contributed by atoms with Crippen LogP contribution in [0.2, 0.25) is 0 Å². The van der Waals surface area contributed by atoms with Crippen molar-refractivity contribution in [3.8, 4) is 6.07 Å². The van der Waals surface area contributed by atoms with Gasteiger partial charge in [0, 0.05) is 19.6 Å². The van der Waals surface area contributed by atoms with Gasteiger partial charge in [0.1, 0.15) is 0 Å². The summed E-state index contributed by atoms with van der Waals surface area (Å²) in [5, 5.41) is 17.8. The zero-order valence-corrected chi connectivity index (χ0v) is 12.3. The Labute approximate surface area is 120 Å². The van der Waals surface area contributed by atoms with Gasteiger partial charge in [0.05, 0.1) is 17.6 Å². The molecule has 0 saturated carbocycles. The second-order valence-electron chi connectivity index (χ2n) is 5.64. The molecular formula is C16H22N2O2. The first-order valence-electron chi connectivity index (χ1n) is 6.86. The van der Waals surface area contributed by atoms with Crippen LogP contribution in [0.5, 0.6) is 0 Å². The number of benzene rings is 1. The van der Waals surface area contributed by atoms with Crippen molar-refractivity contribution in [3.63, 3.8) is 0 Å². The minimum Gasteiger partial charge on any atom is -0.481 e. The monoisotopic (exact) mass is 274 g/mol. The van der Waals surface area contributed by atoms with Crippen LogP contribution in [-0.2, 0) is 11.3 Å². The average molecular weight is 274 g/mol. The van der Waals surface area contributed by atoms with E-state index in [1.54, 1.807) is 19.1 Å². The van der Waals surface area contributed by atoms with E-state index in [1.807, 2.05) is 12.1 Å². The van der Waals surface area contributed by atoms with E-state index in [0.717, 1.165) is 12.1 Å². The van der Waals surface area contributed by atoms with Gasteiger partial charge in [0.2, 0.25) is 0 Å². The number of carboxylic acid groups (broad SMARTS) is 1. The first-order valence-corrected chi connectivity index (χ1v) is 6.86. The fourth-order valence-corrected chi connectivity index (χ4v) is 2.13. The Hall–Kier alpha value is -1.86. The Morgan fingerprint density at radius 3 is 2.30 bits per heavy atom. The van der Waals surface area contributed by atoms with Gasteiger partial charge in [0.25, 0.3) is 0 Å². The largest absolute Gasteiger partial charge is 0.481 e. The summed E-state index contributed by atoms with van der Waals surface area (Å²) in [6.45, 7) is 8.08. The highest BCUT2D eigenvalue weighted by atomic mass is 16.4. The zero-order chi connectivity index (χ0) is 15.1. The lowest BCUT2D eigenvalue weighted by Gasteiger charge is -2.26. The summed E-state index contributed by atoms with van der Waals surface area (Å²) in [6.07, 6.45) is 0. The molecule has 1 rings (SSSR count). The van der Waals surface area contributed by atoms with Crippen molar-refractivity contribution in [2.45, 2.75) is 27.3 Å². The number of aliphatic carboxylic acids is 1. The third kappa shape index (κ3) is 5.41. The minimum atomic E-state index is -0.765. The van der Waals surface area contributed by atoms with E-state index in [0.29, 0.717) is 24.6 Å². The first-order chi connectivity index (χ1) is 9.42. The van der Waals surface area contributed by atoms with Gasteiger partial charge in [-0.15, -0.1) is 0 Å². The highest BCUT2D eigenvalue weighted by Gasteiger charge is 2.17. The Kier molecular flexibility index (Phi) is 6.20. The lowest BCUT2D eigenvalue weighted by molar-refractivity contribution is -0.141. The molecule has 1 unspecified atom stereocenters. The number of nitrogens with zero attached hydrogens (tertiary/aromatic N) is 2. The quantitative estimate of drug-likeness (QED) is 0.830. The number of carbonyl (C=O) groups is 1. The highest BCUT2D eigenvalue weighted by Crippen LogP contribution is 2.11. The van der Waals surface area contributed by atoms with Gasteiger partial charge >= 0.3 is 5.97 Å². The number of hydrogen-bond donors (Lipinski definition) is 1. The second kappa shape index (κ2) is 7.66. The molecule has 20 heavy (non-hydrogen) atoms. The Morgan fingerprint density at radius 2 is 1.85 bits per heavy atom. The van der Waals surface area contributed by atoms with Gasteiger partial charge < -0.3 is 5.11 Å². The second-order valence-corrected chi connectivity index (χ2v) is 5.64. The van der Waals surface area contributed by atoms with Gasteiger partial charge in [-0.05, 0) is 23.6 Å². The fourth-order valence-electron chi connectivity index (χ4n) is 2.13. The Morgan fingerprint density at radius 1 is 1.25 bits per heavy atom. The number of hydrogen-bond acceptors (Lipinski definition) is 3. The third-order valence-corrected chi connectivity index (χ3v) is 3.07. The normalized spacial score (nSPS) is 12.4. The van der Waals surface area contributed by atoms with E-state index in [-0.39, 0.29) is 5.92 Å². The lowest BCUT2D eigenvalue weighted by atomic mass is 10.1. The van der Waals surface area contributed by atoms with Crippen molar-refractivity contribution in [2.24, 2.45) is 11.8 Å². The summed E-state index contributed by atoms with van der Waals surface area (Å²) < 4.78 is 0. The Balaban J connectivity index is 2.72. The number of carboxylic acids is 1.